The topological polar surface area (TPSA) is 190 Å². The van der Waals surface area contributed by atoms with E-state index in [1.807, 2.05) is 31.2 Å². The van der Waals surface area contributed by atoms with E-state index in [0.717, 1.165) is 36.8 Å². The van der Waals surface area contributed by atoms with Gasteiger partial charge in [-0.25, -0.2) is 18.0 Å². The Bertz CT molecular complexity index is 1870. The van der Waals surface area contributed by atoms with Gasteiger partial charge in [-0.1, -0.05) is 58.4 Å². The molecule has 3 saturated carbocycles. The number of carbonyl (C=O) groups is 5. The highest BCUT2D eigenvalue weighted by atomic mass is 32.2. The number of hydrogen-bond donors (Lipinski definition) is 3. The third-order valence-corrected chi connectivity index (χ3v) is 13.9. The van der Waals surface area contributed by atoms with Crippen molar-refractivity contribution in [2.75, 3.05) is 19.8 Å². The van der Waals surface area contributed by atoms with Crippen molar-refractivity contribution in [3.05, 3.63) is 41.5 Å². The van der Waals surface area contributed by atoms with Crippen molar-refractivity contribution in [1.29, 1.82) is 0 Å². The van der Waals surface area contributed by atoms with Gasteiger partial charge in [0.05, 0.1) is 24.9 Å². The van der Waals surface area contributed by atoms with Gasteiger partial charge in [-0.2, -0.15) is 0 Å². The average Bonchev–Trinajstić information content (AvgIpc) is 4.08. The molecule has 3 aliphatic heterocycles. The van der Waals surface area contributed by atoms with Crippen molar-refractivity contribution >= 4 is 39.9 Å². The molecule has 1 aromatic rings. The fraction of sp³-hybridized carbons (Fsp3) is 0.667. The first-order valence-corrected chi connectivity index (χ1v) is 21.0. The summed E-state index contributed by atoms with van der Waals surface area (Å²) in [5, 5.41) is 4.95. The van der Waals surface area contributed by atoms with Gasteiger partial charge in [-0.3, -0.25) is 24.0 Å². The molecule has 3 N–H and O–H groups in total. The maximum atomic E-state index is 14.6. The van der Waals surface area contributed by atoms with Crippen molar-refractivity contribution in [3.8, 4) is 5.75 Å². The summed E-state index contributed by atoms with van der Waals surface area (Å²) in [5.74, 6) is -1.70. The van der Waals surface area contributed by atoms with Crippen LogP contribution in [-0.4, -0.2) is 96.9 Å². The van der Waals surface area contributed by atoms with Gasteiger partial charge in [0.1, 0.15) is 36.1 Å². The number of ether oxygens (including phenoxy) is 3. The molecule has 16 heteroatoms. The van der Waals surface area contributed by atoms with Crippen molar-refractivity contribution in [2.45, 2.75) is 128 Å². The molecule has 1 saturated heterocycles. The Kier molecular flexibility index (Phi) is 10.3. The molecule has 6 aliphatic rings. The number of sulfonamides is 1. The summed E-state index contributed by atoms with van der Waals surface area (Å²) >= 11 is 0. The molecular weight excluding hydrogens is 731 g/mol. The molecule has 3 heterocycles. The Labute approximate surface area is 322 Å². The first-order chi connectivity index (χ1) is 26.0. The van der Waals surface area contributed by atoms with Crippen LogP contribution in [-0.2, 0) is 47.0 Å². The molecular formula is C39H53N5O10S. The molecule has 55 heavy (non-hydrogen) atoms. The third-order valence-electron chi connectivity index (χ3n) is 12.0. The number of nitrogens with one attached hydrogen (secondary N) is 3. The van der Waals surface area contributed by atoms with Crippen LogP contribution in [0.3, 0.4) is 0 Å². The van der Waals surface area contributed by atoms with E-state index in [9.17, 15) is 32.4 Å². The van der Waals surface area contributed by atoms with Gasteiger partial charge in [-0.15, -0.1) is 0 Å². The summed E-state index contributed by atoms with van der Waals surface area (Å²) in [6.07, 6.45) is 6.78. The largest absolute Gasteiger partial charge is 0.489 e. The van der Waals surface area contributed by atoms with Gasteiger partial charge in [0.15, 0.2) is 0 Å². The molecule has 1 aromatic carbocycles. The maximum absolute atomic E-state index is 14.6. The van der Waals surface area contributed by atoms with Gasteiger partial charge in [-0.05, 0) is 67.9 Å². The zero-order valence-electron chi connectivity index (χ0n) is 32.1. The lowest BCUT2D eigenvalue weighted by molar-refractivity contribution is -0.143. The Morgan fingerprint density at radius 1 is 1.04 bits per heavy atom. The molecule has 5 amide bonds. The minimum absolute atomic E-state index is 0.0799. The zero-order valence-corrected chi connectivity index (χ0v) is 32.9. The number of alkyl carbamates (subject to hydrolysis) is 1. The first-order valence-electron chi connectivity index (χ1n) is 19.5. The number of carbonyl (C=O) groups excluding carboxylic acids is 5. The molecule has 3 aliphatic carbocycles. The van der Waals surface area contributed by atoms with Crippen LogP contribution in [0.5, 0.6) is 5.75 Å². The molecule has 0 radical (unpaired) electrons. The number of fused-ring (bicyclic) bond motifs is 3. The lowest BCUT2D eigenvalue weighted by Crippen LogP contribution is -2.60. The van der Waals surface area contributed by atoms with Crippen molar-refractivity contribution in [3.63, 3.8) is 0 Å². The summed E-state index contributed by atoms with van der Waals surface area (Å²) in [7, 11) is -3.89. The highest BCUT2D eigenvalue weighted by Crippen LogP contribution is 2.50. The van der Waals surface area contributed by atoms with Crippen molar-refractivity contribution < 1.29 is 46.6 Å². The second kappa shape index (κ2) is 14.6. The lowest BCUT2D eigenvalue weighted by Gasteiger charge is -2.35. The van der Waals surface area contributed by atoms with Crippen LogP contribution in [0.2, 0.25) is 0 Å². The molecule has 7 rings (SSSR count). The van der Waals surface area contributed by atoms with Crippen LogP contribution < -0.4 is 20.1 Å². The highest BCUT2D eigenvalue weighted by molar-refractivity contribution is 7.91. The molecule has 15 nitrogen and oxygen atoms in total. The minimum Gasteiger partial charge on any atom is -0.489 e. The normalized spacial score (nSPS) is 30.1. The van der Waals surface area contributed by atoms with Crippen LogP contribution in [0, 0.1) is 16.7 Å². The van der Waals surface area contributed by atoms with E-state index in [4.69, 9.17) is 14.2 Å². The van der Waals surface area contributed by atoms with E-state index >= 15 is 0 Å². The quantitative estimate of drug-likeness (QED) is 0.359. The van der Waals surface area contributed by atoms with Gasteiger partial charge < -0.3 is 29.7 Å². The summed E-state index contributed by atoms with van der Waals surface area (Å²) in [6.45, 7) is 8.17. The van der Waals surface area contributed by atoms with Crippen molar-refractivity contribution in [2.24, 2.45) is 16.7 Å². The molecule has 5 atom stereocenters. The Morgan fingerprint density at radius 2 is 1.80 bits per heavy atom. The third kappa shape index (κ3) is 8.29. The number of cyclic esters (lactones) is 1. The van der Waals surface area contributed by atoms with Gasteiger partial charge in [0.25, 0.3) is 5.91 Å². The number of hydrogen-bond acceptors (Lipinski definition) is 10. The van der Waals surface area contributed by atoms with Gasteiger partial charge >= 0.3 is 12.2 Å². The van der Waals surface area contributed by atoms with E-state index < -0.39 is 74.3 Å². The standard InChI is InChI=1S/C39H53N5O10S/c1-5-25-19-39(25,34(47)42-55(50,51)27-12-13-27)41-32(45)29-18-26-21-44(29)33(46)31(37(2,3)4)40-35(48)53-23-38(15-16-38)14-7-6-8-17-52-30-11-9-10-24-20-43(22-28(24)30)36(49)54-26/h6,8-11,25-27,29,31H,5,7,12-23H2,1-4H3,(H,40,48)(H,41,45)(H,42,47)/b8-6+/t25-,26+,29?,31+,39-/m0/s1. The summed E-state index contributed by atoms with van der Waals surface area (Å²) < 4.78 is 45.4. The summed E-state index contributed by atoms with van der Waals surface area (Å²) in [5.41, 5.74) is -0.613. The molecule has 1 unspecified atom stereocenters. The number of nitrogens with zero attached hydrogens (tertiary/aromatic N) is 2. The van der Waals surface area contributed by atoms with E-state index in [0.29, 0.717) is 38.2 Å². The van der Waals surface area contributed by atoms with Crippen LogP contribution in [0.15, 0.2) is 30.4 Å². The predicted molar refractivity (Wildman–Crippen MR) is 199 cm³/mol. The maximum Gasteiger partial charge on any atom is 0.410 e. The van der Waals surface area contributed by atoms with Crippen molar-refractivity contribution in [1.82, 2.24) is 25.2 Å². The van der Waals surface area contributed by atoms with E-state index in [1.165, 1.54) is 4.90 Å². The van der Waals surface area contributed by atoms with E-state index in [1.54, 1.807) is 25.7 Å². The van der Waals surface area contributed by atoms with Crippen LogP contribution >= 0.6 is 0 Å². The molecule has 4 bridgehead atoms. The predicted octanol–water partition coefficient (Wildman–Crippen LogP) is 3.65. The Morgan fingerprint density at radius 3 is 2.47 bits per heavy atom. The smallest absolute Gasteiger partial charge is 0.410 e. The minimum atomic E-state index is -3.89. The second-order valence-electron chi connectivity index (χ2n) is 17.3. The highest BCUT2D eigenvalue weighted by Gasteiger charge is 2.62. The zero-order chi connectivity index (χ0) is 39.3. The van der Waals surface area contributed by atoms with Crippen LogP contribution in [0.1, 0.15) is 96.6 Å². The Hall–Kier alpha value is -4.34. The monoisotopic (exact) mass is 783 g/mol. The van der Waals surface area contributed by atoms with Gasteiger partial charge in [0, 0.05) is 23.9 Å². The van der Waals surface area contributed by atoms with Crippen LogP contribution in [0.25, 0.3) is 0 Å². The van der Waals surface area contributed by atoms with Crippen LogP contribution in [0.4, 0.5) is 9.59 Å². The second-order valence-corrected chi connectivity index (χ2v) is 19.2. The number of benzene rings is 1. The fourth-order valence-electron chi connectivity index (χ4n) is 8.09. The van der Waals surface area contributed by atoms with Gasteiger partial charge in [0.2, 0.25) is 21.8 Å². The van der Waals surface area contributed by atoms with E-state index in [-0.39, 0.29) is 43.9 Å². The Balaban J connectivity index is 1.15. The number of rotatable bonds is 6. The van der Waals surface area contributed by atoms with E-state index in [2.05, 4.69) is 21.4 Å². The molecule has 300 valence electrons. The summed E-state index contributed by atoms with van der Waals surface area (Å²) in [4.78, 5) is 72.2. The molecule has 1 spiro atoms. The SMILES string of the molecule is CC[C@H]1C[C@@]1(NC(=O)C1C[C@@H]2CN1C(=O)[C@H](C(C)(C)C)NC(=O)OCC1(CC/C=C/COc3cccc4c3CN(C4)C(=O)O2)CC1)C(=O)NS(=O)(=O)C1CC1. The molecule has 4 fully saturated rings. The lowest BCUT2D eigenvalue weighted by atomic mass is 9.85. The average molecular weight is 784 g/mol. The number of amides is 5. The molecule has 0 aromatic heterocycles. The number of allylic oxidation sites excluding steroid dienone is 1. The summed E-state index contributed by atoms with van der Waals surface area (Å²) in [6, 6.07) is 3.36. The fourth-order valence-corrected chi connectivity index (χ4v) is 9.46. The first kappa shape index (κ1) is 38.9.